The van der Waals surface area contributed by atoms with E-state index in [2.05, 4.69) is 15.5 Å². The molecule has 0 saturated carbocycles. The molecule has 0 fully saturated rings. The lowest BCUT2D eigenvalue weighted by molar-refractivity contribution is 0.0943. The molecule has 106 valence electrons. The lowest BCUT2D eigenvalue weighted by Crippen LogP contribution is -2.31. The van der Waals surface area contributed by atoms with Gasteiger partial charge in [-0.2, -0.15) is 0 Å². The fraction of sp³-hybridized carbons (Fsp3) is 0.385. The fourth-order valence-corrected chi connectivity index (χ4v) is 1.68. The van der Waals surface area contributed by atoms with Gasteiger partial charge in [0.05, 0.1) is 6.33 Å². The van der Waals surface area contributed by atoms with E-state index in [-0.39, 0.29) is 17.2 Å². The molecule has 0 radical (unpaired) electrons. The summed E-state index contributed by atoms with van der Waals surface area (Å²) in [6, 6.07) is 3.06. The van der Waals surface area contributed by atoms with E-state index in [0.29, 0.717) is 18.8 Å². The Kier molecular flexibility index (Phi) is 4.29. The summed E-state index contributed by atoms with van der Waals surface area (Å²) in [4.78, 5) is 27.6. The van der Waals surface area contributed by atoms with Crippen molar-refractivity contribution in [1.29, 1.82) is 0 Å². The number of amides is 1. The van der Waals surface area contributed by atoms with Crippen LogP contribution in [-0.4, -0.2) is 27.2 Å². The minimum Gasteiger partial charge on any atom is -0.361 e. The molecular weight excluding hydrogens is 260 g/mol. The third-order valence-corrected chi connectivity index (χ3v) is 2.80. The van der Waals surface area contributed by atoms with E-state index >= 15 is 0 Å². The quantitative estimate of drug-likeness (QED) is 0.860. The van der Waals surface area contributed by atoms with Gasteiger partial charge in [0.1, 0.15) is 5.76 Å². The molecule has 1 amide bonds. The summed E-state index contributed by atoms with van der Waals surface area (Å²) in [7, 11) is 0. The Morgan fingerprint density at radius 2 is 2.25 bits per heavy atom. The second kappa shape index (κ2) is 6.14. The van der Waals surface area contributed by atoms with E-state index in [1.54, 1.807) is 13.0 Å². The number of aryl methyl sites for hydroxylation is 2. The maximum atomic E-state index is 11.7. The van der Waals surface area contributed by atoms with Gasteiger partial charge in [-0.3, -0.25) is 14.2 Å². The van der Waals surface area contributed by atoms with Crippen LogP contribution in [-0.2, 0) is 13.0 Å². The predicted molar refractivity (Wildman–Crippen MR) is 71.4 cm³/mol. The van der Waals surface area contributed by atoms with Crippen molar-refractivity contribution in [3.63, 3.8) is 0 Å². The molecule has 0 aliphatic heterocycles. The summed E-state index contributed by atoms with van der Waals surface area (Å²) in [5, 5.41) is 6.28. The van der Waals surface area contributed by atoms with Gasteiger partial charge in [0.2, 0.25) is 0 Å². The van der Waals surface area contributed by atoms with Crippen LogP contribution in [0.25, 0.3) is 0 Å². The highest BCUT2D eigenvalue weighted by Gasteiger charge is 2.10. The van der Waals surface area contributed by atoms with Crippen molar-refractivity contribution >= 4 is 5.91 Å². The highest BCUT2D eigenvalue weighted by molar-refractivity contribution is 5.92. The molecule has 2 aromatic rings. The largest absolute Gasteiger partial charge is 0.361 e. The van der Waals surface area contributed by atoms with Crippen molar-refractivity contribution in [2.24, 2.45) is 0 Å². The molecule has 0 unspecified atom stereocenters. The average Bonchev–Trinajstić information content (AvgIpc) is 2.87. The van der Waals surface area contributed by atoms with E-state index in [9.17, 15) is 9.59 Å². The Morgan fingerprint density at radius 3 is 2.85 bits per heavy atom. The van der Waals surface area contributed by atoms with Crippen molar-refractivity contribution in [2.75, 3.05) is 6.54 Å². The number of aromatic nitrogens is 3. The van der Waals surface area contributed by atoms with Crippen LogP contribution in [0.4, 0.5) is 0 Å². The Hall–Kier alpha value is -2.44. The molecule has 20 heavy (non-hydrogen) atoms. The zero-order valence-corrected chi connectivity index (χ0v) is 11.4. The molecule has 2 heterocycles. The lowest BCUT2D eigenvalue weighted by Gasteiger charge is -2.06. The van der Waals surface area contributed by atoms with Crippen LogP contribution in [0.2, 0.25) is 0 Å². The summed E-state index contributed by atoms with van der Waals surface area (Å²) >= 11 is 0. The first-order chi connectivity index (χ1) is 9.60. The molecule has 2 aromatic heterocycles. The minimum atomic E-state index is -0.326. The van der Waals surface area contributed by atoms with Gasteiger partial charge in [0, 0.05) is 30.9 Å². The maximum absolute atomic E-state index is 11.7. The molecule has 0 bridgehead atoms. The number of nitrogens with one attached hydrogen (secondary N) is 1. The number of hydrogen-bond acceptors (Lipinski definition) is 5. The maximum Gasteiger partial charge on any atom is 0.273 e. The van der Waals surface area contributed by atoms with Crippen LogP contribution in [0.5, 0.6) is 0 Å². The van der Waals surface area contributed by atoms with Crippen molar-refractivity contribution in [2.45, 2.75) is 26.8 Å². The molecule has 0 atom stereocenters. The summed E-state index contributed by atoms with van der Waals surface area (Å²) in [5.41, 5.74) is 0.867. The highest BCUT2D eigenvalue weighted by Crippen LogP contribution is 2.00. The van der Waals surface area contributed by atoms with E-state index < -0.39 is 0 Å². The van der Waals surface area contributed by atoms with Crippen LogP contribution < -0.4 is 10.9 Å². The third kappa shape index (κ3) is 3.31. The molecule has 0 aliphatic rings. The third-order valence-electron chi connectivity index (χ3n) is 2.80. The Bertz CT molecular complexity index is 660. The van der Waals surface area contributed by atoms with Gasteiger partial charge in [-0.1, -0.05) is 12.1 Å². The van der Waals surface area contributed by atoms with Crippen molar-refractivity contribution in [1.82, 2.24) is 20.0 Å². The topological polar surface area (TPSA) is 90.0 Å². The van der Waals surface area contributed by atoms with Crippen molar-refractivity contribution in [3.8, 4) is 0 Å². The number of rotatable bonds is 5. The molecule has 0 aliphatic carbocycles. The predicted octanol–water partition coefficient (Wildman–Crippen LogP) is 0.532. The van der Waals surface area contributed by atoms with E-state index in [1.807, 2.05) is 6.92 Å². The van der Waals surface area contributed by atoms with Crippen LogP contribution in [0.15, 0.2) is 27.8 Å². The van der Waals surface area contributed by atoms with Gasteiger partial charge in [-0.05, 0) is 13.3 Å². The summed E-state index contributed by atoms with van der Waals surface area (Å²) in [6.07, 6.45) is 2.21. The van der Waals surface area contributed by atoms with Crippen LogP contribution in [0, 0.1) is 6.92 Å². The SMILES string of the molecule is CCc1cc(=O)n(CCNC(=O)c2cc(C)on2)cn1. The Labute approximate surface area is 115 Å². The molecule has 0 spiro atoms. The number of carbonyl (C=O) groups is 1. The number of carbonyl (C=O) groups excluding carboxylic acids is 1. The van der Waals surface area contributed by atoms with Gasteiger partial charge >= 0.3 is 0 Å². The molecule has 0 aromatic carbocycles. The zero-order chi connectivity index (χ0) is 14.5. The number of hydrogen-bond donors (Lipinski definition) is 1. The minimum absolute atomic E-state index is 0.122. The highest BCUT2D eigenvalue weighted by atomic mass is 16.5. The summed E-state index contributed by atoms with van der Waals surface area (Å²) in [5.74, 6) is 0.249. The molecular formula is C13H16N4O3. The summed E-state index contributed by atoms with van der Waals surface area (Å²) in [6.45, 7) is 4.33. The monoisotopic (exact) mass is 276 g/mol. The fourth-order valence-electron chi connectivity index (χ4n) is 1.68. The van der Waals surface area contributed by atoms with Crippen molar-refractivity contribution in [3.05, 3.63) is 46.0 Å². The Balaban J connectivity index is 1.90. The average molecular weight is 276 g/mol. The number of nitrogens with zero attached hydrogens (tertiary/aromatic N) is 3. The second-order valence-electron chi connectivity index (χ2n) is 4.34. The second-order valence-corrected chi connectivity index (χ2v) is 4.34. The molecule has 7 nitrogen and oxygen atoms in total. The first-order valence-electron chi connectivity index (χ1n) is 6.37. The molecule has 1 N–H and O–H groups in total. The van der Waals surface area contributed by atoms with Crippen LogP contribution in [0.1, 0.15) is 28.9 Å². The van der Waals surface area contributed by atoms with E-state index in [0.717, 1.165) is 12.1 Å². The van der Waals surface area contributed by atoms with E-state index in [1.165, 1.54) is 17.0 Å². The van der Waals surface area contributed by atoms with Crippen LogP contribution >= 0.6 is 0 Å². The first-order valence-corrected chi connectivity index (χ1v) is 6.37. The van der Waals surface area contributed by atoms with Gasteiger partial charge < -0.3 is 9.84 Å². The van der Waals surface area contributed by atoms with Gasteiger partial charge in [0.25, 0.3) is 11.5 Å². The van der Waals surface area contributed by atoms with Crippen molar-refractivity contribution < 1.29 is 9.32 Å². The van der Waals surface area contributed by atoms with Crippen LogP contribution in [0.3, 0.4) is 0 Å². The van der Waals surface area contributed by atoms with E-state index in [4.69, 9.17) is 4.52 Å². The lowest BCUT2D eigenvalue weighted by atomic mass is 10.3. The van der Waals surface area contributed by atoms with Gasteiger partial charge in [0.15, 0.2) is 5.69 Å². The molecule has 7 heteroatoms. The molecule has 0 saturated heterocycles. The Morgan fingerprint density at radius 1 is 1.45 bits per heavy atom. The van der Waals surface area contributed by atoms with Gasteiger partial charge in [-0.15, -0.1) is 0 Å². The normalized spacial score (nSPS) is 10.5. The summed E-state index contributed by atoms with van der Waals surface area (Å²) < 4.78 is 6.27. The smallest absolute Gasteiger partial charge is 0.273 e. The molecule has 2 rings (SSSR count). The van der Waals surface area contributed by atoms with Gasteiger partial charge in [-0.25, -0.2) is 4.98 Å². The standard InChI is InChI=1S/C13H16N4O3/c1-3-10-7-12(18)17(8-15-10)5-4-14-13(19)11-6-9(2)20-16-11/h6-8H,3-5H2,1-2H3,(H,14,19). The zero-order valence-electron chi connectivity index (χ0n) is 11.4. The first kappa shape index (κ1) is 14.0.